The van der Waals surface area contributed by atoms with Gasteiger partial charge in [-0.2, -0.15) is 13.5 Å². The third-order valence-corrected chi connectivity index (χ3v) is 5.68. The topological polar surface area (TPSA) is 154 Å². The van der Waals surface area contributed by atoms with Crippen LogP contribution in [0, 0.1) is 0 Å². The molecular formula is C23H18N4O5S. The number of anilines is 2. The fraction of sp³-hybridized carbons (Fsp3) is 0. The molecule has 4 rings (SSSR count). The summed E-state index contributed by atoms with van der Waals surface area (Å²) in [6.07, 6.45) is 0. The van der Waals surface area contributed by atoms with Crippen LogP contribution < -0.4 is 11.1 Å². The molecule has 9 nitrogen and oxygen atoms in total. The quantitative estimate of drug-likeness (QED) is 0.185. The van der Waals surface area contributed by atoms with Crippen molar-refractivity contribution in [3.63, 3.8) is 0 Å². The van der Waals surface area contributed by atoms with Crippen molar-refractivity contribution in [2.24, 2.45) is 10.2 Å². The monoisotopic (exact) mass is 462 g/mol. The second-order valence-electron chi connectivity index (χ2n) is 7.06. The first-order valence-corrected chi connectivity index (χ1v) is 11.1. The van der Waals surface area contributed by atoms with Crippen molar-refractivity contribution in [3.8, 4) is 5.75 Å². The van der Waals surface area contributed by atoms with Crippen molar-refractivity contribution in [2.45, 2.75) is 4.90 Å². The summed E-state index contributed by atoms with van der Waals surface area (Å²) < 4.78 is 33.4. The lowest BCUT2D eigenvalue weighted by molar-refractivity contribution is 0.102. The van der Waals surface area contributed by atoms with Gasteiger partial charge in [0.05, 0.1) is 5.69 Å². The number of nitrogens with zero attached hydrogens (tertiary/aromatic N) is 2. The zero-order valence-electron chi connectivity index (χ0n) is 17.0. The van der Waals surface area contributed by atoms with Crippen LogP contribution in [0.2, 0.25) is 0 Å². The normalized spacial score (nSPS) is 11.7. The number of nitrogens with one attached hydrogen (secondary N) is 1. The number of phenols is 1. The van der Waals surface area contributed by atoms with Gasteiger partial charge in [-0.05, 0) is 53.9 Å². The summed E-state index contributed by atoms with van der Waals surface area (Å²) in [5, 5.41) is 21.7. The van der Waals surface area contributed by atoms with Crippen molar-refractivity contribution < 1.29 is 22.9 Å². The lowest BCUT2D eigenvalue weighted by Crippen LogP contribution is -2.11. The van der Waals surface area contributed by atoms with Crippen LogP contribution in [0.5, 0.6) is 5.75 Å². The molecule has 0 saturated heterocycles. The fourth-order valence-corrected chi connectivity index (χ4v) is 3.89. The molecule has 5 N–H and O–H groups in total. The van der Waals surface area contributed by atoms with Crippen molar-refractivity contribution in [1.82, 2.24) is 0 Å². The van der Waals surface area contributed by atoms with E-state index < -0.39 is 26.5 Å². The van der Waals surface area contributed by atoms with Crippen LogP contribution in [-0.4, -0.2) is 24.0 Å². The van der Waals surface area contributed by atoms with Gasteiger partial charge in [0.25, 0.3) is 16.0 Å². The number of nitrogens with two attached hydrogens (primary N) is 1. The predicted molar refractivity (Wildman–Crippen MR) is 125 cm³/mol. The number of benzene rings is 4. The minimum atomic E-state index is -4.72. The molecule has 0 aliphatic heterocycles. The standard InChI is InChI=1S/C23H18N4O5S/c24-18-8-4-5-15-13-19(33(30,31)32)21(22(28)20(15)18)27-26-17-11-9-14(10-12-17)23(29)25-16-6-2-1-3-7-16/h1-13,28H,24H2,(H,25,29)(H,30,31,32). The van der Waals surface area contributed by atoms with Crippen LogP contribution in [-0.2, 0) is 10.1 Å². The van der Waals surface area contributed by atoms with Gasteiger partial charge in [-0.25, -0.2) is 0 Å². The molecule has 0 heterocycles. The van der Waals surface area contributed by atoms with E-state index in [1.165, 1.54) is 30.3 Å². The molecule has 0 aliphatic rings. The minimum Gasteiger partial charge on any atom is -0.505 e. The molecule has 1 amide bonds. The van der Waals surface area contributed by atoms with E-state index in [0.29, 0.717) is 16.6 Å². The highest BCUT2D eigenvalue weighted by Crippen LogP contribution is 2.43. The van der Waals surface area contributed by atoms with E-state index >= 15 is 0 Å². The average molecular weight is 462 g/mol. The molecule has 33 heavy (non-hydrogen) atoms. The number of carbonyl (C=O) groups excluding carboxylic acids is 1. The smallest absolute Gasteiger partial charge is 0.296 e. The molecule has 0 fully saturated rings. The van der Waals surface area contributed by atoms with E-state index in [1.807, 2.05) is 6.07 Å². The number of rotatable bonds is 5. The van der Waals surface area contributed by atoms with E-state index in [2.05, 4.69) is 15.5 Å². The largest absolute Gasteiger partial charge is 0.505 e. The Bertz CT molecular complexity index is 1490. The third kappa shape index (κ3) is 4.66. The summed E-state index contributed by atoms with van der Waals surface area (Å²) >= 11 is 0. The maximum absolute atomic E-state index is 12.4. The van der Waals surface area contributed by atoms with Gasteiger partial charge in [-0.3, -0.25) is 9.35 Å². The first-order chi connectivity index (χ1) is 15.7. The number of aromatic hydroxyl groups is 1. The molecule has 0 spiro atoms. The van der Waals surface area contributed by atoms with Crippen molar-refractivity contribution >= 4 is 49.5 Å². The number of fused-ring (bicyclic) bond motifs is 1. The molecule has 0 aliphatic carbocycles. The first-order valence-electron chi connectivity index (χ1n) is 9.64. The number of hydrogen-bond donors (Lipinski definition) is 4. The average Bonchev–Trinajstić information content (AvgIpc) is 2.78. The summed E-state index contributed by atoms with van der Waals surface area (Å²) in [5.74, 6) is -0.846. The van der Waals surface area contributed by atoms with Gasteiger partial charge in [0, 0.05) is 22.3 Å². The highest BCUT2D eigenvalue weighted by Gasteiger charge is 2.22. The van der Waals surface area contributed by atoms with E-state index in [4.69, 9.17) is 5.73 Å². The lowest BCUT2D eigenvalue weighted by atomic mass is 10.1. The van der Waals surface area contributed by atoms with Gasteiger partial charge in [0.15, 0.2) is 5.75 Å². The van der Waals surface area contributed by atoms with Gasteiger partial charge in [-0.1, -0.05) is 30.3 Å². The van der Waals surface area contributed by atoms with Gasteiger partial charge in [0.2, 0.25) is 0 Å². The van der Waals surface area contributed by atoms with Crippen molar-refractivity contribution in [3.05, 3.63) is 84.4 Å². The fourth-order valence-electron chi connectivity index (χ4n) is 3.23. The molecule has 4 aromatic rings. The maximum atomic E-state index is 12.4. The summed E-state index contributed by atoms with van der Waals surface area (Å²) in [6.45, 7) is 0. The van der Waals surface area contributed by atoms with Crippen LogP contribution in [0.25, 0.3) is 10.8 Å². The SMILES string of the molecule is Nc1cccc2cc(S(=O)(=O)O)c(N=Nc3ccc(C(=O)Nc4ccccc4)cc3)c(O)c12. The van der Waals surface area contributed by atoms with Gasteiger partial charge in [0.1, 0.15) is 10.6 Å². The number of hydrogen-bond acceptors (Lipinski definition) is 7. The van der Waals surface area contributed by atoms with Crippen LogP contribution in [0.3, 0.4) is 0 Å². The summed E-state index contributed by atoms with van der Waals surface area (Å²) in [4.78, 5) is 11.7. The number of nitrogen functional groups attached to an aromatic ring is 1. The van der Waals surface area contributed by atoms with E-state index in [-0.39, 0.29) is 22.7 Å². The molecule has 166 valence electrons. The molecule has 0 bridgehead atoms. The summed E-state index contributed by atoms with van der Waals surface area (Å²) in [7, 11) is -4.72. The highest BCUT2D eigenvalue weighted by molar-refractivity contribution is 7.86. The number of azo groups is 1. The zero-order chi connectivity index (χ0) is 23.6. The Morgan fingerprint density at radius 3 is 2.27 bits per heavy atom. The van der Waals surface area contributed by atoms with Gasteiger partial charge < -0.3 is 16.2 Å². The number of carbonyl (C=O) groups is 1. The lowest BCUT2D eigenvalue weighted by Gasteiger charge is -2.10. The Morgan fingerprint density at radius 1 is 0.909 bits per heavy atom. The number of amides is 1. The van der Waals surface area contributed by atoms with Crippen LogP contribution >= 0.6 is 0 Å². The Hall–Kier alpha value is -4.28. The van der Waals surface area contributed by atoms with Crippen molar-refractivity contribution in [1.29, 1.82) is 0 Å². The van der Waals surface area contributed by atoms with E-state index in [0.717, 1.165) is 6.07 Å². The minimum absolute atomic E-state index is 0.187. The molecule has 0 radical (unpaired) electrons. The molecule has 10 heteroatoms. The molecule has 0 aromatic heterocycles. The van der Waals surface area contributed by atoms with E-state index in [1.54, 1.807) is 36.4 Å². The number of para-hydroxylation sites is 1. The van der Waals surface area contributed by atoms with Crippen LogP contribution in [0.1, 0.15) is 10.4 Å². The molecule has 0 unspecified atom stereocenters. The van der Waals surface area contributed by atoms with Gasteiger partial charge >= 0.3 is 0 Å². The second kappa shape index (κ2) is 8.69. The van der Waals surface area contributed by atoms with Crippen LogP contribution in [0.4, 0.5) is 22.7 Å². The predicted octanol–water partition coefficient (Wildman–Crippen LogP) is 5.04. The first kappa shape index (κ1) is 21.9. The summed E-state index contributed by atoms with van der Waals surface area (Å²) in [6, 6.07) is 20.8. The Kier molecular flexibility index (Phi) is 5.78. The Morgan fingerprint density at radius 2 is 1.61 bits per heavy atom. The third-order valence-electron chi connectivity index (χ3n) is 4.81. The Balaban J connectivity index is 1.66. The van der Waals surface area contributed by atoms with Gasteiger partial charge in [-0.15, -0.1) is 5.11 Å². The summed E-state index contributed by atoms with van der Waals surface area (Å²) in [5.41, 5.74) is 6.97. The van der Waals surface area contributed by atoms with E-state index in [9.17, 15) is 22.9 Å². The molecule has 0 saturated carbocycles. The highest BCUT2D eigenvalue weighted by atomic mass is 32.2. The molecule has 0 atom stereocenters. The molecular weight excluding hydrogens is 444 g/mol. The molecule has 4 aromatic carbocycles. The van der Waals surface area contributed by atoms with Crippen LogP contribution in [0.15, 0.2) is 94.0 Å². The maximum Gasteiger partial charge on any atom is 0.296 e. The Labute approximate surface area is 189 Å². The number of phenolic OH excluding ortho intramolecular Hbond substituents is 1. The zero-order valence-corrected chi connectivity index (χ0v) is 17.8. The van der Waals surface area contributed by atoms with Crippen molar-refractivity contribution in [2.75, 3.05) is 11.1 Å². The second-order valence-corrected chi connectivity index (χ2v) is 8.45.